The molecule has 2 rings (SSSR count). The number of nitrogens with two attached hydrogens (primary N) is 1. The van der Waals surface area contributed by atoms with Gasteiger partial charge >= 0.3 is 0 Å². The number of carbonyl (C=O) groups is 1. The number of rotatable bonds is 3. The summed E-state index contributed by atoms with van der Waals surface area (Å²) < 4.78 is 64.9. The lowest BCUT2D eigenvalue weighted by Crippen LogP contribution is -2.09. The highest BCUT2D eigenvalue weighted by atomic mass is 32.2. The minimum Gasteiger partial charge on any atom is -0.505 e. The Kier molecular flexibility index (Phi) is 4.18. The Morgan fingerprint density at radius 2 is 1.58 bits per heavy atom. The van der Waals surface area contributed by atoms with E-state index in [1.165, 1.54) is 0 Å². The lowest BCUT2D eigenvalue weighted by molar-refractivity contribution is -0.114. The van der Waals surface area contributed by atoms with Gasteiger partial charge in [0.1, 0.15) is 15.5 Å². The Hall–Kier alpha value is -2.41. The standard InChI is InChI=1S/C12H12N2O8S2/c1-5(15)14-6-2-7-9(23(17,18)19)4-8(13)12(16)11(7)10(3-6)24(20,21)22/h2-4,16H,13H2,1H3,(H,14,15)(H,17,18,19)(H,20,21,22). The van der Waals surface area contributed by atoms with Crippen molar-refractivity contribution in [3.05, 3.63) is 18.2 Å². The molecule has 0 radical (unpaired) electrons. The quantitative estimate of drug-likeness (QED) is 0.290. The summed E-state index contributed by atoms with van der Waals surface area (Å²) >= 11 is 0. The van der Waals surface area contributed by atoms with Gasteiger partial charge in [0.15, 0.2) is 0 Å². The van der Waals surface area contributed by atoms with E-state index in [-0.39, 0.29) is 5.69 Å². The summed E-state index contributed by atoms with van der Waals surface area (Å²) in [5, 5.41) is 11.2. The van der Waals surface area contributed by atoms with Crippen LogP contribution in [0.3, 0.4) is 0 Å². The lowest BCUT2D eigenvalue weighted by Gasteiger charge is -2.14. The van der Waals surface area contributed by atoms with Gasteiger partial charge in [-0.1, -0.05) is 0 Å². The van der Waals surface area contributed by atoms with Gasteiger partial charge < -0.3 is 16.2 Å². The Bertz CT molecular complexity index is 1070. The van der Waals surface area contributed by atoms with Crippen molar-refractivity contribution >= 4 is 48.3 Å². The van der Waals surface area contributed by atoms with E-state index in [0.29, 0.717) is 0 Å². The monoisotopic (exact) mass is 376 g/mol. The molecule has 0 aromatic heterocycles. The van der Waals surface area contributed by atoms with Crippen molar-refractivity contribution in [2.75, 3.05) is 11.1 Å². The molecule has 0 aliphatic rings. The normalized spacial score (nSPS) is 12.3. The van der Waals surface area contributed by atoms with Crippen LogP contribution in [0.15, 0.2) is 28.0 Å². The maximum absolute atomic E-state index is 11.6. The average Bonchev–Trinajstić information content (AvgIpc) is 2.38. The maximum Gasteiger partial charge on any atom is 0.295 e. The Balaban J connectivity index is 3.14. The molecule has 0 bridgehead atoms. The summed E-state index contributed by atoms with van der Waals surface area (Å²) in [6.07, 6.45) is 0. The number of phenolic OH excluding ortho intramolecular Hbond substituents is 1. The molecule has 130 valence electrons. The van der Waals surface area contributed by atoms with Crippen molar-refractivity contribution in [1.29, 1.82) is 0 Å². The number of hydrogen-bond donors (Lipinski definition) is 5. The van der Waals surface area contributed by atoms with Gasteiger partial charge in [-0.25, -0.2) is 0 Å². The zero-order valence-corrected chi connectivity index (χ0v) is 13.6. The van der Waals surface area contributed by atoms with Crippen LogP contribution in [-0.2, 0) is 25.0 Å². The third kappa shape index (κ3) is 3.26. The number of amides is 1. The average molecular weight is 376 g/mol. The smallest absolute Gasteiger partial charge is 0.295 e. The van der Waals surface area contributed by atoms with Gasteiger partial charge in [0.2, 0.25) is 5.91 Å². The fourth-order valence-corrected chi connectivity index (χ4v) is 3.63. The van der Waals surface area contributed by atoms with Crippen LogP contribution in [0, 0.1) is 0 Å². The second-order valence-corrected chi connectivity index (χ2v) is 7.62. The zero-order valence-electron chi connectivity index (χ0n) is 12.0. The van der Waals surface area contributed by atoms with Crippen molar-refractivity contribution in [2.24, 2.45) is 0 Å². The number of carbonyl (C=O) groups excluding carboxylic acids is 1. The van der Waals surface area contributed by atoms with Gasteiger partial charge in [-0.05, 0) is 18.2 Å². The van der Waals surface area contributed by atoms with Crippen LogP contribution in [0.2, 0.25) is 0 Å². The van der Waals surface area contributed by atoms with Crippen molar-refractivity contribution in [2.45, 2.75) is 16.7 Å². The molecule has 0 aliphatic carbocycles. The summed E-state index contributed by atoms with van der Waals surface area (Å²) in [5.41, 5.74) is 4.72. The molecule has 0 heterocycles. The molecular formula is C12H12N2O8S2. The highest BCUT2D eigenvalue weighted by molar-refractivity contribution is 7.86. The molecule has 1 amide bonds. The number of benzene rings is 2. The summed E-state index contributed by atoms with van der Waals surface area (Å²) in [7, 11) is -9.79. The fraction of sp³-hybridized carbons (Fsp3) is 0.0833. The molecule has 0 spiro atoms. The topological polar surface area (TPSA) is 184 Å². The second-order valence-electron chi connectivity index (χ2n) is 4.84. The molecule has 0 atom stereocenters. The van der Waals surface area contributed by atoms with Gasteiger partial charge in [-0.15, -0.1) is 0 Å². The molecule has 6 N–H and O–H groups in total. The first kappa shape index (κ1) is 17.9. The molecule has 24 heavy (non-hydrogen) atoms. The van der Waals surface area contributed by atoms with Crippen molar-refractivity contribution < 1.29 is 35.8 Å². The van der Waals surface area contributed by atoms with E-state index in [9.17, 15) is 35.8 Å². The van der Waals surface area contributed by atoms with Crippen LogP contribution in [-0.4, -0.2) is 37.0 Å². The predicted octanol–water partition coefficient (Wildman–Crippen LogP) is 0.579. The summed E-state index contributed by atoms with van der Waals surface area (Å²) in [5.74, 6) is -1.41. The summed E-state index contributed by atoms with van der Waals surface area (Å²) in [6.45, 7) is 1.11. The van der Waals surface area contributed by atoms with Crippen LogP contribution >= 0.6 is 0 Å². The molecular weight excluding hydrogens is 364 g/mol. The molecule has 0 saturated carbocycles. The highest BCUT2D eigenvalue weighted by Gasteiger charge is 2.25. The second kappa shape index (κ2) is 5.59. The Labute approximate surface area is 136 Å². The Morgan fingerprint density at radius 3 is 2.04 bits per heavy atom. The molecule has 0 aliphatic heterocycles. The molecule has 10 nitrogen and oxygen atoms in total. The van der Waals surface area contributed by atoms with Crippen LogP contribution in [0.1, 0.15) is 6.92 Å². The van der Waals surface area contributed by atoms with Crippen LogP contribution in [0.5, 0.6) is 5.75 Å². The van der Waals surface area contributed by atoms with Crippen LogP contribution in [0.25, 0.3) is 10.8 Å². The fourth-order valence-electron chi connectivity index (χ4n) is 2.18. The van der Waals surface area contributed by atoms with Gasteiger partial charge in [-0.3, -0.25) is 13.9 Å². The SMILES string of the molecule is CC(=O)Nc1cc(S(=O)(=O)O)c2c(O)c(N)cc(S(=O)(=O)O)c2c1. The first-order valence-electron chi connectivity index (χ1n) is 6.14. The third-order valence-corrected chi connectivity index (χ3v) is 4.81. The minimum atomic E-state index is -4.93. The van der Waals surface area contributed by atoms with E-state index in [4.69, 9.17) is 5.73 Å². The predicted molar refractivity (Wildman–Crippen MR) is 84.0 cm³/mol. The van der Waals surface area contributed by atoms with E-state index >= 15 is 0 Å². The van der Waals surface area contributed by atoms with Crippen molar-refractivity contribution in [3.63, 3.8) is 0 Å². The lowest BCUT2D eigenvalue weighted by atomic mass is 10.1. The van der Waals surface area contributed by atoms with Crippen molar-refractivity contribution in [3.8, 4) is 5.75 Å². The number of nitrogens with one attached hydrogen (secondary N) is 1. The minimum absolute atomic E-state index is 0.184. The van der Waals surface area contributed by atoms with Gasteiger partial charge in [0.25, 0.3) is 20.2 Å². The number of phenols is 1. The maximum atomic E-state index is 11.6. The van der Waals surface area contributed by atoms with E-state index < -0.39 is 58.1 Å². The molecule has 12 heteroatoms. The molecule has 0 saturated heterocycles. The van der Waals surface area contributed by atoms with E-state index in [1.807, 2.05) is 0 Å². The van der Waals surface area contributed by atoms with Crippen LogP contribution < -0.4 is 11.1 Å². The number of fused-ring (bicyclic) bond motifs is 1. The molecule has 0 unspecified atom stereocenters. The highest BCUT2D eigenvalue weighted by Crippen LogP contribution is 2.41. The van der Waals surface area contributed by atoms with Crippen molar-refractivity contribution in [1.82, 2.24) is 0 Å². The van der Waals surface area contributed by atoms with E-state index in [1.54, 1.807) is 0 Å². The molecule has 2 aromatic carbocycles. The van der Waals surface area contributed by atoms with Gasteiger partial charge in [0, 0.05) is 23.4 Å². The van der Waals surface area contributed by atoms with Gasteiger partial charge in [0.05, 0.1) is 5.69 Å². The Morgan fingerprint density at radius 1 is 1.04 bits per heavy atom. The van der Waals surface area contributed by atoms with E-state index in [0.717, 1.165) is 25.1 Å². The largest absolute Gasteiger partial charge is 0.505 e. The zero-order chi connectivity index (χ0) is 18.4. The molecule has 0 fully saturated rings. The van der Waals surface area contributed by atoms with Crippen LogP contribution in [0.4, 0.5) is 11.4 Å². The number of aromatic hydroxyl groups is 1. The van der Waals surface area contributed by atoms with E-state index in [2.05, 4.69) is 5.32 Å². The third-order valence-electron chi connectivity index (χ3n) is 3.04. The number of hydrogen-bond acceptors (Lipinski definition) is 7. The first-order valence-corrected chi connectivity index (χ1v) is 9.02. The summed E-state index contributed by atoms with van der Waals surface area (Å²) in [4.78, 5) is 9.46. The van der Waals surface area contributed by atoms with Gasteiger partial charge in [-0.2, -0.15) is 16.8 Å². The molecule has 2 aromatic rings. The number of nitrogen functional groups attached to an aromatic ring is 1. The number of anilines is 2. The summed E-state index contributed by atoms with van der Waals surface area (Å²) in [6, 6.07) is 2.54. The first-order chi connectivity index (χ1) is 10.8.